The molecule has 3 aromatic rings. The molecule has 0 unspecified atom stereocenters. The molecule has 0 aromatic heterocycles. The molecule has 2 heterocycles. The zero-order valence-electron chi connectivity index (χ0n) is 26.2. The van der Waals surface area contributed by atoms with Crippen LogP contribution in [-0.2, 0) is 22.6 Å². The van der Waals surface area contributed by atoms with E-state index in [4.69, 9.17) is 9.47 Å². The van der Waals surface area contributed by atoms with Crippen LogP contribution in [0.1, 0.15) is 67.7 Å². The highest BCUT2D eigenvalue weighted by Crippen LogP contribution is 2.43. The van der Waals surface area contributed by atoms with Gasteiger partial charge in [0.2, 0.25) is 12.7 Å². The maximum absolute atomic E-state index is 14.4. The zero-order valence-corrected chi connectivity index (χ0v) is 26.2. The number of nitrogens with zero attached hydrogens (tertiary/aromatic N) is 2. The lowest BCUT2D eigenvalue weighted by Crippen LogP contribution is -2.48. The van der Waals surface area contributed by atoms with E-state index >= 15 is 0 Å². The van der Waals surface area contributed by atoms with Crippen LogP contribution < -0.4 is 14.4 Å². The standard InChI is InChI=1S/C36H43FN2O6/c1-4-8-27(9-5-2)39(28-13-14-30(37)23(3)16-28)34(41)20-38-19-29(25-12-15-32-33(18-25)45-22-44-32)35(36(42)43)31(38)17-24-10-6-7-11-26(24)21-40/h6-7,10-16,18,27,29,31,35,40H,4-5,8-9,17,19-22H2,1-3H3,(H,42,43)/t29-,31+,35-/m1/s1. The fourth-order valence-corrected chi connectivity index (χ4v) is 7.02. The van der Waals surface area contributed by atoms with Crippen LogP contribution in [0.25, 0.3) is 0 Å². The number of aryl methyl sites for hydroxylation is 1. The number of carbonyl (C=O) groups excluding carboxylic acids is 1. The van der Waals surface area contributed by atoms with Gasteiger partial charge in [0.25, 0.3) is 0 Å². The minimum atomic E-state index is -0.944. The topological polar surface area (TPSA) is 99.5 Å². The molecule has 0 saturated carbocycles. The van der Waals surface area contributed by atoms with Crippen molar-refractivity contribution in [2.24, 2.45) is 5.92 Å². The van der Waals surface area contributed by atoms with E-state index in [1.54, 1.807) is 25.1 Å². The van der Waals surface area contributed by atoms with E-state index in [9.17, 15) is 24.2 Å². The Hall–Kier alpha value is -3.95. The van der Waals surface area contributed by atoms with Gasteiger partial charge in [-0.25, -0.2) is 4.39 Å². The van der Waals surface area contributed by atoms with Crippen LogP contribution in [0.2, 0.25) is 0 Å². The van der Waals surface area contributed by atoms with Gasteiger partial charge in [-0.2, -0.15) is 0 Å². The molecule has 0 aliphatic carbocycles. The van der Waals surface area contributed by atoms with Crippen molar-refractivity contribution < 1.29 is 33.7 Å². The highest BCUT2D eigenvalue weighted by Gasteiger charge is 2.48. The highest BCUT2D eigenvalue weighted by molar-refractivity contribution is 5.95. The fraction of sp³-hybridized carbons (Fsp3) is 0.444. The van der Waals surface area contributed by atoms with Gasteiger partial charge in [0.1, 0.15) is 5.82 Å². The third kappa shape index (κ3) is 6.99. The lowest BCUT2D eigenvalue weighted by Gasteiger charge is -2.35. The summed E-state index contributed by atoms with van der Waals surface area (Å²) >= 11 is 0. The number of aliphatic hydroxyl groups is 1. The third-order valence-corrected chi connectivity index (χ3v) is 9.21. The smallest absolute Gasteiger partial charge is 0.308 e. The molecule has 0 radical (unpaired) electrons. The second kappa shape index (κ2) is 14.4. The Morgan fingerprint density at radius 3 is 2.38 bits per heavy atom. The first-order chi connectivity index (χ1) is 21.7. The van der Waals surface area contributed by atoms with Gasteiger partial charge >= 0.3 is 5.97 Å². The summed E-state index contributed by atoms with van der Waals surface area (Å²) in [4.78, 5) is 31.3. The number of hydrogen-bond donors (Lipinski definition) is 2. The number of carboxylic acid groups (broad SMARTS) is 1. The number of ether oxygens (including phenoxy) is 2. The van der Waals surface area contributed by atoms with Crippen LogP contribution in [0.3, 0.4) is 0 Å². The van der Waals surface area contributed by atoms with Crippen LogP contribution in [0.15, 0.2) is 60.7 Å². The van der Waals surface area contributed by atoms with E-state index < -0.39 is 23.8 Å². The van der Waals surface area contributed by atoms with Crippen molar-refractivity contribution in [3.05, 3.63) is 88.7 Å². The number of likely N-dealkylation sites (tertiary alicyclic amines) is 1. The number of hydrogen-bond acceptors (Lipinski definition) is 6. The second-order valence-corrected chi connectivity index (χ2v) is 12.1. The summed E-state index contributed by atoms with van der Waals surface area (Å²) in [5.74, 6) is -1.47. The Labute approximate surface area is 264 Å². The summed E-state index contributed by atoms with van der Waals surface area (Å²) < 4.78 is 25.4. The van der Waals surface area contributed by atoms with Crippen LogP contribution >= 0.6 is 0 Å². The SMILES string of the molecule is CCCC(CCC)N(C(=O)CN1C[C@H](c2ccc3c(c2)OCO3)[C@@H](C(=O)O)[C@@H]1Cc1ccccc1CO)c1ccc(F)c(C)c1. The molecular formula is C36H43FN2O6. The largest absolute Gasteiger partial charge is 0.481 e. The summed E-state index contributed by atoms with van der Waals surface area (Å²) in [6.07, 6.45) is 3.70. The van der Waals surface area contributed by atoms with Crippen molar-refractivity contribution in [1.29, 1.82) is 0 Å². The molecule has 2 N–H and O–H groups in total. The van der Waals surface area contributed by atoms with E-state index in [0.29, 0.717) is 35.7 Å². The molecule has 45 heavy (non-hydrogen) atoms. The van der Waals surface area contributed by atoms with Gasteiger partial charge in [0.15, 0.2) is 11.5 Å². The molecule has 8 nitrogen and oxygen atoms in total. The summed E-state index contributed by atoms with van der Waals surface area (Å²) in [6.45, 7) is 6.15. The summed E-state index contributed by atoms with van der Waals surface area (Å²) in [5.41, 5.74) is 3.50. The second-order valence-electron chi connectivity index (χ2n) is 12.1. The predicted molar refractivity (Wildman–Crippen MR) is 170 cm³/mol. The first-order valence-electron chi connectivity index (χ1n) is 15.9. The Morgan fingerprint density at radius 1 is 1.00 bits per heavy atom. The van der Waals surface area contributed by atoms with E-state index in [2.05, 4.69) is 13.8 Å². The van der Waals surface area contributed by atoms with Gasteiger partial charge in [-0.3, -0.25) is 14.5 Å². The Balaban J connectivity index is 1.54. The Bertz CT molecular complexity index is 1510. The van der Waals surface area contributed by atoms with Gasteiger partial charge < -0.3 is 24.6 Å². The molecule has 2 aliphatic rings. The summed E-state index contributed by atoms with van der Waals surface area (Å²) in [6, 6.07) is 17.2. The lowest BCUT2D eigenvalue weighted by atomic mass is 9.82. The predicted octanol–water partition coefficient (Wildman–Crippen LogP) is 6.07. The molecule has 9 heteroatoms. The van der Waals surface area contributed by atoms with Crippen LogP contribution in [0.5, 0.6) is 11.5 Å². The molecule has 1 amide bonds. The number of fused-ring (bicyclic) bond motifs is 1. The molecule has 3 atom stereocenters. The summed E-state index contributed by atoms with van der Waals surface area (Å²) in [7, 11) is 0. The minimum absolute atomic E-state index is 0.00283. The summed E-state index contributed by atoms with van der Waals surface area (Å²) in [5, 5.41) is 20.7. The van der Waals surface area contributed by atoms with Gasteiger partial charge in [-0.05, 0) is 78.8 Å². The number of aliphatic hydroxyl groups excluding tert-OH is 1. The van der Waals surface area contributed by atoms with Crippen molar-refractivity contribution in [2.75, 3.05) is 24.8 Å². The fourth-order valence-electron chi connectivity index (χ4n) is 7.02. The van der Waals surface area contributed by atoms with Crippen LogP contribution in [0, 0.1) is 18.7 Å². The molecule has 240 valence electrons. The normalized spacial score (nSPS) is 19.3. The van der Waals surface area contributed by atoms with E-state index in [1.807, 2.05) is 46.2 Å². The number of rotatable bonds is 13. The number of amides is 1. The average Bonchev–Trinajstić information content (AvgIpc) is 3.64. The average molecular weight is 619 g/mol. The van der Waals surface area contributed by atoms with E-state index in [1.165, 1.54) is 6.07 Å². The van der Waals surface area contributed by atoms with Gasteiger partial charge in [-0.15, -0.1) is 0 Å². The number of carbonyl (C=O) groups is 2. The molecule has 5 rings (SSSR count). The van der Waals surface area contributed by atoms with E-state index in [0.717, 1.165) is 42.4 Å². The highest BCUT2D eigenvalue weighted by atomic mass is 19.1. The Kier molecular flexibility index (Phi) is 10.4. The molecule has 2 aliphatic heterocycles. The number of anilines is 1. The van der Waals surface area contributed by atoms with Gasteiger partial charge in [0, 0.05) is 30.2 Å². The molecule has 3 aromatic carbocycles. The van der Waals surface area contributed by atoms with Gasteiger partial charge in [-0.1, -0.05) is 57.0 Å². The first kappa shape index (κ1) is 32.4. The van der Waals surface area contributed by atoms with Crippen molar-refractivity contribution in [3.8, 4) is 11.5 Å². The van der Waals surface area contributed by atoms with Crippen molar-refractivity contribution in [1.82, 2.24) is 4.90 Å². The number of halogens is 1. The number of benzene rings is 3. The number of aliphatic carboxylic acids is 1. The van der Waals surface area contributed by atoms with Crippen molar-refractivity contribution >= 4 is 17.6 Å². The van der Waals surface area contributed by atoms with E-state index in [-0.39, 0.29) is 37.7 Å². The van der Waals surface area contributed by atoms with Gasteiger partial charge in [0.05, 0.1) is 19.1 Å². The maximum atomic E-state index is 14.4. The zero-order chi connectivity index (χ0) is 32.1. The third-order valence-electron chi connectivity index (χ3n) is 9.21. The lowest BCUT2D eigenvalue weighted by molar-refractivity contribution is -0.143. The Morgan fingerprint density at radius 2 is 1.71 bits per heavy atom. The molecule has 1 saturated heterocycles. The van der Waals surface area contributed by atoms with Crippen molar-refractivity contribution in [2.45, 2.75) is 77.5 Å². The first-order valence-corrected chi connectivity index (χ1v) is 15.9. The number of carboxylic acids is 1. The molecule has 0 bridgehead atoms. The van der Waals surface area contributed by atoms with Crippen LogP contribution in [-0.4, -0.2) is 59.0 Å². The maximum Gasteiger partial charge on any atom is 0.308 e. The molecule has 0 spiro atoms. The van der Waals surface area contributed by atoms with Crippen LogP contribution in [0.4, 0.5) is 10.1 Å². The minimum Gasteiger partial charge on any atom is -0.481 e. The molecule has 1 fully saturated rings. The van der Waals surface area contributed by atoms with Crippen molar-refractivity contribution in [3.63, 3.8) is 0 Å². The molecular weight excluding hydrogens is 575 g/mol. The monoisotopic (exact) mass is 618 g/mol. The quantitative estimate of drug-likeness (QED) is 0.240.